The van der Waals surface area contributed by atoms with Crippen molar-refractivity contribution in [2.45, 2.75) is 23.8 Å². The Balaban J connectivity index is 1.47. The fraction of sp³-hybridized carbons (Fsp3) is 0.250. The molecule has 190 valence electrons. The quantitative estimate of drug-likeness (QED) is 0.327. The Bertz CT molecular complexity index is 1370. The molecule has 1 aromatic heterocycles. The molecule has 1 aliphatic rings. The van der Waals surface area contributed by atoms with Crippen molar-refractivity contribution in [3.8, 4) is 16.2 Å². The predicted octanol–water partition coefficient (Wildman–Crippen LogP) is 4.60. The maximum atomic E-state index is 12.9. The molecule has 0 bridgehead atoms. The molecule has 3 N–H and O–H groups in total. The van der Waals surface area contributed by atoms with Crippen molar-refractivity contribution >= 4 is 54.9 Å². The standard InChI is InChI=1S/C24H23BrN2O7S2/c25-20-21(34-14-19(28)29)23(24(30)31)35-22(20)15-5-4-6-17(13-15)26-16-9-11-27(12-10-16)36(32,33)18-7-2-1-3-8-18/h1-8,13,16,26H,9-12,14H2,(H,28,29)(H,30,31). The van der Waals surface area contributed by atoms with E-state index in [0.717, 1.165) is 22.6 Å². The summed E-state index contributed by atoms with van der Waals surface area (Å²) in [4.78, 5) is 23.4. The molecule has 0 atom stereocenters. The summed E-state index contributed by atoms with van der Waals surface area (Å²) in [5.41, 5.74) is 1.54. The number of thiophene rings is 1. The number of aromatic carboxylic acids is 1. The van der Waals surface area contributed by atoms with Gasteiger partial charge in [0.2, 0.25) is 10.0 Å². The molecule has 12 heteroatoms. The van der Waals surface area contributed by atoms with Crippen LogP contribution in [0.2, 0.25) is 0 Å². The summed E-state index contributed by atoms with van der Waals surface area (Å²) in [6, 6.07) is 15.9. The highest BCUT2D eigenvalue weighted by Crippen LogP contribution is 2.46. The molecule has 0 radical (unpaired) electrons. The Morgan fingerprint density at radius 3 is 2.42 bits per heavy atom. The first-order valence-corrected chi connectivity index (χ1v) is 14.0. The van der Waals surface area contributed by atoms with Crippen LogP contribution in [-0.4, -0.2) is 60.6 Å². The Morgan fingerprint density at radius 1 is 1.08 bits per heavy atom. The third kappa shape index (κ3) is 5.72. The molecule has 1 aliphatic heterocycles. The number of ether oxygens (including phenoxy) is 1. The van der Waals surface area contributed by atoms with Gasteiger partial charge in [-0.05, 0) is 58.6 Å². The van der Waals surface area contributed by atoms with Gasteiger partial charge in [0, 0.05) is 24.8 Å². The number of halogens is 1. The van der Waals surface area contributed by atoms with Crippen molar-refractivity contribution in [1.29, 1.82) is 0 Å². The number of anilines is 1. The molecule has 4 rings (SSSR count). The minimum Gasteiger partial charge on any atom is -0.479 e. The monoisotopic (exact) mass is 594 g/mol. The number of hydrogen-bond acceptors (Lipinski definition) is 7. The molecule has 0 aliphatic carbocycles. The van der Waals surface area contributed by atoms with Crippen LogP contribution >= 0.6 is 27.3 Å². The zero-order valence-electron chi connectivity index (χ0n) is 18.9. The summed E-state index contributed by atoms with van der Waals surface area (Å²) >= 11 is 4.36. The highest BCUT2D eigenvalue weighted by Gasteiger charge is 2.29. The van der Waals surface area contributed by atoms with E-state index in [1.165, 1.54) is 4.31 Å². The van der Waals surface area contributed by atoms with Gasteiger partial charge in [-0.25, -0.2) is 18.0 Å². The lowest BCUT2D eigenvalue weighted by atomic mass is 10.1. The number of piperidine rings is 1. The average molecular weight is 595 g/mol. The van der Waals surface area contributed by atoms with Crippen LogP contribution in [-0.2, 0) is 14.8 Å². The molecule has 2 aromatic carbocycles. The van der Waals surface area contributed by atoms with E-state index in [9.17, 15) is 23.1 Å². The van der Waals surface area contributed by atoms with Crippen LogP contribution in [0.25, 0.3) is 10.4 Å². The fourth-order valence-corrected chi connectivity index (χ4v) is 7.33. The van der Waals surface area contributed by atoms with Gasteiger partial charge in [-0.15, -0.1) is 11.3 Å². The van der Waals surface area contributed by atoms with Crippen LogP contribution in [0.1, 0.15) is 22.5 Å². The van der Waals surface area contributed by atoms with E-state index in [0.29, 0.717) is 35.3 Å². The number of benzene rings is 2. The topological polar surface area (TPSA) is 133 Å². The molecule has 0 amide bonds. The smallest absolute Gasteiger partial charge is 0.349 e. The molecule has 0 unspecified atom stereocenters. The molecule has 0 spiro atoms. The van der Waals surface area contributed by atoms with Gasteiger partial charge in [0.05, 0.1) is 14.2 Å². The largest absolute Gasteiger partial charge is 0.479 e. The van der Waals surface area contributed by atoms with Crippen LogP contribution in [0.15, 0.2) is 64.0 Å². The molecule has 1 saturated heterocycles. The Kier molecular flexibility index (Phi) is 7.98. The van der Waals surface area contributed by atoms with Crippen molar-refractivity contribution in [2.24, 2.45) is 0 Å². The Morgan fingerprint density at radius 2 is 1.78 bits per heavy atom. The number of hydrogen-bond donors (Lipinski definition) is 3. The van der Waals surface area contributed by atoms with Gasteiger partial charge in [-0.3, -0.25) is 0 Å². The number of nitrogens with zero attached hydrogens (tertiary/aromatic N) is 1. The van der Waals surface area contributed by atoms with E-state index >= 15 is 0 Å². The number of sulfonamides is 1. The van der Waals surface area contributed by atoms with Crippen LogP contribution in [0.5, 0.6) is 5.75 Å². The minimum atomic E-state index is -3.52. The Hall–Kier alpha value is -2.93. The molecule has 0 saturated carbocycles. The van der Waals surface area contributed by atoms with Crippen LogP contribution < -0.4 is 10.1 Å². The van der Waals surface area contributed by atoms with Gasteiger partial charge in [-0.1, -0.05) is 30.3 Å². The molecule has 1 fully saturated rings. The predicted molar refractivity (Wildman–Crippen MR) is 139 cm³/mol. The normalized spacial score (nSPS) is 14.9. The second kappa shape index (κ2) is 11.0. The van der Waals surface area contributed by atoms with Crippen molar-refractivity contribution in [3.05, 3.63) is 63.9 Å². The van der Waals surface area contributed by atoms with Crippen molar-refractivity contribution in [1.82, 2.24) is 4.31 Å². The minimum absolute atomic E-state index is 0.0183. The molecule has 2 heterocycles. The van der Waals surface area contributed by atoms with Gasteiger partial charge in [-0.2, -0.15) is 4.31 Å². The summed E-state index contributed by atoms with van der Waals surface area (Å²) in [7, 11) is -3.52. The summed E-state index contributed by atoms with van der Waals surface area (Å²) in [5.74, 6) is -2.44. The van der Waals surface area contributed by atoms with E-state index < -0.39 is 28.6 Å². The summed E-state index contributed by atoms with van der Waals surface area (Å²) in [6.45, 7) is 0.143. The first-order chi connectivity index (χ1) is 17.2. The molecular weight excluding hydrogens is 572 g/mol. The van der Waals surface area contributed by atoms with Crippen LogP contribution in [0.4, 0.5) is 5.69 Å². The van der Waals surface area contributed by atoms with E-state index in [1.54, 1.807) is 30.3 Å². The zero-order valence-corrected chi connectivity index (χ0v) is 22.1. The lowest BCUT2D eigenvalue weighted by Gasteiger charge is -2.32. The van der Waals surface area contributed by atoms with Gasteiger partial charge in [0.15, 0.2) is 17.2 Å². The van der Waals surface area contributed by atoms with E-state index in [2.05, 4.69) is 21.2 Å². The third-order valence-electron chi connectivity index (χ3n) is 5.67. The maximum absolute atomic E-state index is 12.9. The summed E-state index contributed by atoms with van der Waals surface area (Å²) in [5, 5.41) is 21.9. The number of nitrogens with one attached hydrogen (secondary N) is 1. The first-order valence-electron chi connectivity index (χ1n) is 11.0. The van der Waals surface area contributed by atoms with Crippen molar-refractivity contribution < 1.29 is 33.0 Å². The van der Waals surface area contributed by atoms with Gasteiger partial charge < -0.3 is 20.3 Å². The van der Waals surface area contributed by atoms with Crippen molar-refractivity contribution in [2.75, 3.05) is 25.0 Å². The summed E-state index contributed by atoms with van der Waals surface area (Å²) in [6.07, 6.45) is 1.27. The number of carbonyl (C=O) groups is 2. The molecular formula is C24H23BrN2O7S2. The van der Waals surface area contributed by atoms with Gasteiger partial charge in [0.1, 0.15) is 0 Å². The number of carboxylic acids is 2. The number of aliphatic carboxylic acids is 1. The molecule has 3 aromatic rings. The molecule has 9 nitrogen and oxygen atoms in total. The summed E-state index contributed by atoms with van der Waals surface area (Å²) < 4.78 is 32.8. The van der Waals surface area contributed by atoms with Crippen molar-refractivity contribution in [3.63, 3.8) is 0 Å². The third-order valence-corrected chi connectivity index (χ3v) is 9.81. The lowest BCUT2D eigenvalue weighted by Crippen LogP contribution is -2.42. The lowest BCUT2D eigenvalue weighted by molar-refractivity contribution is -0.139. The number of rotatable bonds is 9. The van der Waals surface area contributed by atoms with Gasteiger partial charge >= 0.3 is 11.9 Å². The second-order valence-electron chi connectivity index (χ2n) is 8.11. The maximum Gasteiger partial charge on any atom is 0.349 e. The number of carboxylic acid groups (broad SMARTS) is 2. The fourth-order valence-electron chi connectivity index (χ4n) is 3.95. The van der Waals surface area contributed by atoms with Gasteiger partial charge in [0.25, 0.3) is 0 Å². The highest BCUT2D eigenvalue weighted by molar-refractivity contribution is 9.10. The zero-order chi connectivity index (χ0) is 25.9. The van der Waals surface area contributed by atoms with E-state index in [1.807, 2.05) is 24.3 Å². The van der Waals surface area contributed by atoms with E-state index in [-0.39, 0.29) is 21.6 Å². The highest BCUT2D eigenvalue weighted by atomic mass is 79.9. The van der Waals surface area contributed by atoms with E-state index in [4.69, 9.17) is 9.84 Å². The second-order valence-corrected chi connectivity index (χ2v) is 11.9. The van der Waals surface area contributed by atoms with Crippen LogP contribution in [0.3, 0.4) is 0 Å². The SMILES string of the molecule is O=C(O)COc1c(C(=O)O)sc(-c2cccc(NC3CCN(S(=O)(=O)c4ccccc4)CC3)c2)c1Br. The first kappa shape index (κ1) is 26.1. The average Bonchev–Trinajstić information content (AvgIpc) is 3.20. The Labute approximate surface area is 220 Å². The molecule has 36 heavy (non-hydrogen) atoms. The van der Waals surface area contributed by atoms with Crippen LogP contribution in [0, 0.1) is 0 Å².